The van der Waals surface area contributed by atoms with E-state index in [1.165, 1.54) is 59.6 Å². The van der Waals surface area contributed by atoms with Crippen LogP contribution in [0.1, 0.15) is 11.1 Å². The van der Waals surface area contributed by atoms with Crippen molar-refractivity contribution in [1.82, 2.24) is 14.5 Å². The molecular formula is C52H35N3S. The standard InChI is InChI=1S/C52H35N3S/c1-32-17-9-10-22-39(32)46-33(2)40-23-11-12-24-41(40)47-42-25-13-15-27-44(42)55(50(46)47)52-53-48(51-49(54-52)43-26-14-16-28-45(43)56-51)38-30-36(34-18-5-3-6-19-34)29-37(31-38)35-20-7-4-8-21-35/h3-31H,1-2H3. The quantitative estimate of drug-likeness (QED) is 0.176. The van der Waals surface area contributed by atoms with E-state index in [-0.39, 0.29) is 0 Å². The van der Waals surface area contributed by atoms with Crippen molar-refractivity contribution in [3.8, 4) is 50.6 Å². The topological polar surface area (TPSA) is 30.7 Å². The zero-order chi connectivity index (χ0) is 37.3. The van der Waals surface area contributed by atoms with Crippen LogP contribution in [0.3, 0.4) is 0 Å². The Labute approximate surface area is 328 Å². The van der Waals surface area contributed by atoms with E-state index in [1.807, 2.05) is 0 Å². The van der Waals surface area contributed by atoms with Gasteiger partial charge in [0.05, 0.1) is 26.9 Å². The zero-order valence-electron chi connectivity index (χ0n) is 31.0. The van der Waals surface area contributed by atoms with Crippen molar-refractivity contribution in [1.29, 1.82) is 0 Å². The first-order valence-corrected chi connectivity index (χ1v) is 19.9. The highest BCUT2D eigenvalue weighted by molar-refractivity contribution is 7.26. The second-order valence-corrected chi connectivity index (χ2v) is 15.7. The maximum absolute atomic E-state index is 5.71. The van der Waals surface area contributed by atoms with Gasteiger partial charge in [0.1, 0.15) is 0 Å². The van der Waals surface area contributed by atoms with E-state index in [4.69, 9.17) is 9.97 Å². The van der Waals surface area contributed by atoms with Crippen molar-refractivity contribution < 1.29 is 0 Å². The first kappa shape index (κ1) is 32.5. The Hall–Kier alpha value is -6.88. The van der Waals surface area contributed by atoms with Crippen molar-refractivity contribution in [2.24, 2.45) is 0 Å². The van der Waals surface area contributed by atoms with E-state index in [0.717, 1.165) is 49.0 Å². The molecule has 0 aliphatic heterocycles. The largest absolute Gasteiger partial charge is 0.277 e. The molecule has 0 saturated heterocycles. The monoisotopic (exact) mass is 733 g/mol. The van der Waals surface area contributed by atoms with Crippen LogP contribution < -0.4 is 0 Å². The highest BCUT2D eigenvalue weighted by Crippen LogP contribution is 2.47. The van der Waals surface area contributed by atoms with Crippen molar-refractivity contribution in [2.45, 2.75) is 13.8 Å². The second kappa shape index (κ2) is 12.9. The van der Waals surface area contributed by atoms with Gasteiger partial charge in [-0.2, -0.15) is 0 Å². The number of para-hydroxylation sites is 1. The lowest BCUT2D eigenvalue weighted by Crippen LogP contribution is -2.04. The average Bonchev–Trinajstić information content (AvgIpc) is 3.81. The van der Waals surface area contributed by atoms with E-state index in [9.17, 15) is 0 Å². The molecule has 0 spiro atoms. The summed E-state index contributed by atoms with van der Waals surface area (Å²) in [5, 5.41) is 6.04. The van der Waals surface area contributed by atoms with Gasteiger partial charge in [-0.05, 0) is 93.9 Å². The molecule has 0 atom stereocenters. The van der Waals surface area contributed by atoms with Crippen molar-refractivity contribution in [3.05, 3.63) is 187 Å². The van der Waals surface area contributed by atoms with Crippen LogP contribution in [0.25, 0.3) is 103 Å². The fourth-order valence-corrected chi connectivity index (χ4v) is 9.87. The predicted octanol–water partition coefficient (Wildman–Crippen LogP) is 14.4. The molecule has 11 rings (SSSR count). The van der Waals surface area contributed by atoms with Crippen molar-refractivity contribution in [2.75, 3.05) is 0 Å². The summed E-state index contributed by atoms with van der Waals surface area (Å²) in [7, 11) is 0. The van der Waals surface area contributed by atoms with Crippen LogP contribution in [0.15, 0.2) is 176 Å². The summed E-state index contributed by atoms with van der Waals surface area (Å²) in [5.74, 6) is 0.665. The molecule has 0 aliphatic rings. The van der Waals surface area contributed by atoms with Gasteiger partial charge in [0.15, 0.2) is 0 Å². The number of aryl methyl sites for hydroxylation is 2. The average molecular weight is 734 g/mol. The molecule has 3 heterocycles. The number of thiophene rings is 1. The van der Waals surface area contributed by atoms with Crippen LogP contribution in [0.5, 0.6) is 0 Å². The molecule has 264 valence electrons. The molecular weight excluding hydrogens is 699 g/mol. The minimum absolute atomic E-state index is 0.665. The Morgan fingerprint density at radius 2 is 1.05 bits per heavy atom. The summed E-state index contributed by atoms with van der Waals surface area (Å²) in [4.78, 5) is 11.3. The minimum Gasteiger partial charge on any atom is -0.277 e. The van der Waals surface area contributed by atoms with Crippen LogP contribution in [-0.4, -0.2) is 14.5 Å². The summed E-state index contributed by atoms with van der Waals surface area (Å²) in [6.45, 7) is 4.48. The lowest BCUT2D eigenvalue weighted by Gasteiger charge is -2.18. The van der Waals surface area contributed by atoms with Crippen LogP contribution in [-0.2, 0) is 0 Å². The lowest BCUT2D eigenvalue weighted by atomic mass is 9.89. The predicted molar refractivity (Wildman–Crippen MR) is 238 cm³/mol. The van der Waals surface area contributed by atoms with E-state index >= 15 is 0 Å². The number of rotatable bonds is 5. The summed E-state index contributed by atoms with van der Waals surface area (Å²) < 4.78 is 4.63. The summed E-state index contributed by atoms with van der Waals surface area (Å²) in [5.41, 5.74) is 14.7. The summed E-state index contributed by atoms with van der Waals surface area (Å²) in [6, 6.07) is 63.2. The van der Waals surface area contributed by atoms with Crippen molar-refractivity contribution in [3.63, 3.8) is 0 Å². The number of hydrogen-bond acceptors (Lipinski definition) is 3. The van der Waals surface area contributed by atoms with Gasteiger partial charge in [0.2, 0.25) is 5.95 Å². The number of nitrogens with zero attached hydrogens (tertiary/aromatic N) is 3. The highest BCUT2D eigenvalue weighted by Gasteiger charge is 2.25. The fraction of sp³-hybridized carbons (Fsp3) is 0.0385. The van der Waals surface area contributed by atoms with Crippen molar-refractivity contribution >= 4 is 64.2 Å². The molecule has 0 bridgehead atoms. The Kier molecular flexibility index (Phi) is 7.48. The van der Waals surface area contributed by atoms with E-state index in [2.05, 4.69) is 194 Å². The molecule has 8 aromatic carbocycles. The molecule has 0 unspecified atom stereocenters. The number of hydrogen-bond donors (Lipinski definition) is 0. The SMILES string of the molecule is Cc1ccccc1-c1c(C)c2ccccc2c2c3ccccc3n(-c3nc(-c4cc(-c5ccccc5)cc(-c5ccccc5)c4)c4sc5ccccc5c4n3)c12. The number of fused-ring (bicyclic) bond motifs is 8. The van der Waals surface area contributed by atoms with Gasteiger partial charge < -0.3 is 0 Å². The molecule has 0 fully saturated rings. The van der Waals surface area contributed by atoms with Crippen LogP contribution >= 0.6 is 11.3 Å². The Morgan fingerprint density at radius 3 is 1.77 bits per heavy atom. The Bertz CT molecular complexity index is 3260. The van der Waals surface area contributed by atoms with Gasteiger partial charge in [0.25, 0.3) is 0 Å². The van der Waals surface area contributed by atoms with Gasteiger partial charge in [-0.3, -0.25) is 4.57 Å². The van der Waals surface area contributed by atoms with Gasteiger partial charge in [-0.25, -0.2) is 9.97 Å². The third-order valence-corrected chi connectivity index (χ3v) is 12.5. The third-order valence-electron chi connectivity index (χ3n) is 11.3. The number of aromatic nitrogens is 3. The molecule has 0 radical (unpaired) electrons. The van der Waals surface area contributed by atoms with E-state index in [0.29, 0.717) is 5.95 Å². The van der Waals surface area contributed by atoms with Crippen LogP contribution in [0, 0.1) is 13.8 Å². The smallest absolute Gasteiger partial charge is 0.235 e. The summed E-state index contributed by atoms with van der Waals surface area (Å²) >= 11 is 1.77. The van der Waals surface area contributed by atoms with E-state index in [1.54, 1.807) is 11.3 Å². The lowest BCUT2D eigenvalue weighted by molar-refractivity contribution is 1.02. The minimum atomic E-state index is 0.665. The summed E-state index contributed by atoms with van der Waals surface area (Å²) in [6.07, 6.45) is 0. The molecule has 0 N–H and O–H groups in total. The maximum atomic E-state index is 5.71. The first-order chi connectivity index (χ1) is 27.6. The second-order valence-electron chi connectivity index (χ2n) is 14.6. The van der Waals surface area contributed by atoms with Gasteiger partial charge in [0, 0.05) is 32.0 Å². The molecule has 3 nitrogen and oxygen atoms in total. The number of benzene rings is 8. The molecule has 56 heavy (non-hydrogen) atoms. The zero-order valence-corrected chi connectivity index (χ0v) is 31.8. The highest BCUT2D eigenvalue weighted by atomic mass is 32.1. The van der Waals surface area contributed by atoms with Crippen LogP contribution in [0.2, 0.25) is 0 Å². The molecule has 0 amide bonds. The fourth-order valence-electron chi connectivity index (χ4n) is 8.71. The Morgan fingerprint density at radius 1 is 0.482 bits per heavy atom. The molecule has 3 aromatic heterocycles. The van der Waals surface area contributed by atoms with Gasteiger partial charge in [-0.15, -0.1) is 11.3 Å². The van der Waals surface area contributed by atoms with E-state index < -0.39 is 0 Å². The van der Waals surface area contributed by atoms with Gasteiger partial charge in [-0.1, -0.05) is 146 Å². The Balaban J connectivity index is 1.31. The van der Waals surface area contributed by atoms with Gasteiger partial charge >= 0.3 is 0 Å². The molecule has 0 saturated carbocycles. The maximum Gasteiger partial charge on any atom is 0.235 e. The molecule has 11 aromatic rings. The normalized spacial score (nSPS) is 11.8. The first-order valence-electron chi connectivity index (χ1n) is 19.1. The molecule has 4 heteroatoms. The molecule has 0 aliphatic carbocycles. The van der Waals surface area contributed by atoms with Crippen LogP contribution in [0.4, 0.5) is 0 Å². The third kappa shape index (κ3) is 5.03.